The van der Waals surface area contributed by atoms with Crippen molar-refractivity contribution in [3.05, 3.63) is 65.2 Å². The third-order valence-corrected chi connectivity index (χ3v) is 3.87. The van der Waals surface area contributed by atoms with E-state index in [2.05, 4.69) is 4.79 Å². The van der Waals surface area contributed by atoms with Crippen LogP contribution in [0.15, 0.2) is 48.5 Å². The smallest absolute Gasteiger partial charge is 0.406 e. The van der Waals surface area contributed by atoms with Crippen LogP contribution in [0.3, 0.4) is 0 Å². The van der Waals surface area contributed by atoms with Crippen molar-refractivity contribution in [3.8, 4) is 11.1 Å². The normalized spacial score (nSPS) is 12.0. The Morgan fingerprint density at radius 3 is 2.09 bits per heavy atom. The maximum absolute atomic E-state index is 11.7. The molecule has 2 aromatic rings. The van der Waals surface area contributed by atoms with Crippen LogP contribution in [0.2, 0.25) is 0 Å². The highest BCUT2D eigenvalue weighted by molar-refractivity contribution is 6.61. The fourth-order valence-electron chi connectivity index (χ4n) is 2.81. The number of Topliss-reactive ketones (excluding diaryl/α,β-unsaturated/α-hetero) is 1. The molecule has 0 heterocycles. The van der Waals surface area contributed by atoms with E-state index in [-0.39, 0.29) is 12.5 Å². The number of fused-ring (bicyclic) bond motifs is 3. The standard InChI is InChI=1S/C17H13N3O3/c18-16(20-19)15(21)17(22)23-9-14-12-7-3-1-5-10(12)11-6-2-4-8-13(11)14/h1-8,14H,9,18H2. The Kier molecular flexibility index (Phi) is 3.75. The molecule has 0 aromatic heterocycles. The molecule has 2 N–H and O–H groups in total. The van der Waals surface area contributed by atoms with E-state index in [1.165, 1.54) is 0 Å². The highest BCUT2D eigenvalue weighted by Crippen LogP contribution is 2.44. The first-order chi connectivity index (χ1) is 11.1. The summed E-state index contributed by atoms with van der Waals surface area (Å²) < 4.78 is 5.06. The zero-order valence-corrected chi connectivity index (χ0v) is 12.1. The van der Waals surface area contributed by atoms with Gasteiger partial charge in [0.05, 0.1) is 0 Å². The molecular weight excluding hydrogens is 294 g/mol. The molecule has 0 fully saturated rings. The Balaban J connectivity index is 1.85. The van der Waals surface area contributed by atoms with Gasteiger partial charge in [-0.15, -0.1) is 0 Å². The highest BCUT2D eigenvalue weighted by atomic mass is 16.5. The molecule has 2 aromatic carbocycles. The molecule has 1 aliphatic carbocycles. The topological polar surface area (TPSA) is 106 Å². The molecule has 1 aliphatic rings. The minimum Gasteiger partial charge on any atom is -0.497 e. The van der Waals surface area contributed by atoms with Crippen molar-refractivity contribution >= 4 is 17.6 Å². The molecule has 0 amide bonds. The van der Waals surface area contributed by atoms with Crippen molar-refractivity contribution in [2.45, 2.75) is 5.92 Å². The molecule has 0 spiro atoms. The van der Waals surface area contributed by atoms with Gasteiger partial charge in [-0.25, -0.2) is 4.79 Å². The number of carbonyl (C=O) groups is 2. The van der Waals surface area contributed by atoms with E-state index in [1.54, 1.807) is 0 Å². The lowest BCUT2D eigenvalue weighted by Crippen LogP contribution is -2.33. The van der Waals surface area contributed by atoms with E-state index in [0.717, 1.165) is 22.3 Å². The number of rotatable bonds is 4. The molecule has 0 unspecified atom stereocenters. The largest absolute Gasteiger partial charge is 0.497 e. The molecule has 0 saturated carbocycles. The predicted molar refractivity (Wildman–Crippen MR) is 82.5 cm³/mol. The van der Waals surface area contributed by atoms with Gasteiger partial charge in [-0.2, -0.15) is 0 Å². The first-order valence-corrected chi connectivity index (χ1v) is 7.00. The number of esters is 1. The van der Waals surface area contributed by atoms with Crippen LogP contribution in [0.1, 0.15) is 17.0 Å². The van der Waals surface area contributed by atoms with Gasteiger partial charge in [0, 0.05) is 5.92 Å². The van der Waals surface area contributed by atoms with Gasteiger partial charge in [-0.3, -0.25) is 10.5 Å². The lowest BCUT2D eigenvalue weighted by atomic mass is 9.98. The summed E-state index contributed by atoms with van der Waals surface area (Å²) in [7, 11) is 0. The monoisotopic (exact) mass is 307 g/mol. The van der Waals surface area contributed by atoms with E-state index in [0.29, 0.717) is 0 Å². The Bertz CT molecular complexity index is 808. The quantitative estimate of drug-likeness (QED) is 0.231. The Hall–Kier alpha value is -3.24. The second-order valence-corrected chi connectivity index (χ2v) is 5.14. The van der Waals surface area contributed by atoms with E-state index < -0.39 is 17.6 Å². The Morgan fingerprint density at radius 2 is 1.57 bits per heavy atom. The van der Waals surface area contributed by atoms with Crippen molar-refractivity contribution in [3.63, 3.8) is 0 Å². The van der Waals surface area contributed by atoms with Crippen molar-refractivity contribution in [1.29, 1.82) is 0 Å². The Labute approximate surface area is 132 Å². The summed E-state index contributed by atoms with van der Waals surface area (Å²) in [6, 6.07) is 15.7. The zero-order valence-electron chi connectivity index (χ0n) is 12.1. The summed E-state index contributed by atoms with van der Waals surface area (Å²) in [6.45, 7) is 0.0112. The maximum atomic E-state index is 11.7. The van der Waals surface area contributed by atoms with Crippen LogP contribution in [0.5, 0.6) is 0 Å². The number of hydrogen-bond acceptors (Lipinski definition) is 3. The molecule has 23 heavy (non-hydrogen) atoms. The van der Waals surface area contributed by atoms with Gasteiger partial charge in [-0.1, -0.05) is 48.5 Å². The summed E-state index contributed by atoms with van der Waals surface area (Å²) in [5.41, 5.74) is 17.8. The zero-order chi connectivity index (χ0) is 16.4. The third kappa shape index (κ3) is 2.52. The first kappa shape index (κ1) is 14.7. The number of ether oxygens (including phenoxy) is 1. The second-order valence-electron chi connectivity index (χ2n) is 5.14. The molecule has 6 nitrogen and oxygen atoms in total. The van der Waals surface area contributed by atoms with Gasteiger partial charge in [-0.05, 0) is 22.3 Å². The predicted octanol–water partition coefficient (Wildman–Crippen LogP) is 1.50. The molecule has 6 heteroatoms. The summed E-state index contributed by atoms with van der Waals surface area (Å²) in [4.78, 5) is 25.7. The number of ketones is 1. The van der Waals surface area contributed by atoms with E-state index >= 15 is 0 Å². The van der Waals surface area contributed by atoms with Crippen LogP contribution in [-0.2, 0) is 14.3 Å². The molecule has 3 rings (SSSR count). The second kappa shape index (κ2) is 5.87. The number of nitrogens with zero attached hydrogens (tertiary/aromatic N) is 2. The van der Waals surface area contributed by atoms with Crippen molar-refractivity contribution < 1.29 is 19.1 Å². The number of carbonyl (C=O) groups excluding carboxylic acids is 2. The average molecular weight is 307 g/mol. The molecular formula is C17H13N3O3. The number of hydrogen-bond donors (Lipinski definition) is 1. The van der Waals surface area contributed by atoms with Gasteiger partial charge >= 0.3 is 17.6 Å². The minimum atomic E-state index is -1.16. The molecule has 0 aliphatic heterocycles. The minimum absolute atomic E-state index is 0.0112. The maximum Gasteiger partial charge on any atom is 0.406 e. The average Bonchev–Trinajstić information content (AvgIpc) is 2.92. The van der Waals surface area contributed by atoms with Gasteiger partial charge < -0.3 is 15.1 Å². The fourth-order valence-corrected chi connectivity index (χ4v) is 2.81. The van der Waals surface area contributed by atoms with Crippen LogP contribution in [-0.4, -0.2) is 29.0 Å². The first-order valence-electron chi connectivity index (χ1n) is 7.00. The van der Waals surface area contributed by atoms with Gasteiger partial charge in [0.1, 0.15) is 6.61 Å². The summed E-state index contributed by atoms with van der Waals surface area (Å²) in [5.74, 6) is -3.23. The summed E-state index contributed by atoms with van der Waals surface area (Å²) in [6.07, 6.45) is 0. The molecule has 114 valence electrons. The van der Waals surface area contributed by atoms with Gasteiger partial charge in [0.15, 0.2) is 0 Å². The summed E-state index contributed by atoms with van der Waals surface area (Å²) in [5, 5.41) is 0. The van der Waals surface area contributed by atoms with Crippen molar-refractivity contribution in [1.82, 2.24) is 0 Å². The van der Waals surface area contributed by atoms with Crippen LogP contribution in [0.4, 0.5) is 0 Å². The van der Waals surface area contributed by atoms with Gasteiger partial charge in [0.25, 0.3) is 0 Å². The van der Waals surface area contributed by atoms with Crippen LogP contribution in [0.25, 0.3) is 16.7 Å². The van der Waals surface area contributed by atoms with E-state index in [4.69, 9.17) is 16.0 Å². The highest BCUT2D eigenvalue weighted by Gasteiger charge is 2.31. The molecule has 0 atom stereocenters. The lowest BCUT2D eigenvalue weighted by molar-refractivity contribution is -0.152. The van der Waals surface area contributed by atoms with Crippen LogP contribution >= 0.6 is 0 Å². The van der Waals surface area contributed by atoms with E-state index in [1.807, 2.05) is 48.5 Å². The molecule has 0 bridgehead atoms. The number of nitrogens with two attached hydrogens (primary N) is 1. The fraction of sp³-hybridized carbons (Fsp3) is 0.118. The SMILES string of the molecule is [N-]=[N+]=C(N)C(=O)C(=O)OCC1c2ccccc2-c2ccccc21. The number of amidine groups is 1. The third-order valence-electron chi connectivity index (χ3n) is 3.87. The Morgan fingerprint density at radius 1 is 1.04 bits per heavy atom. The summed E-state index contributed by atoms with van der Waals surface area (Å²) >= 11 is 0. The van der Waals surface area contributed by atoms with Crippen molar-refractivity contribution in [2.24, 2.45) is 5.73 Å². The van der Waals surface area contributed by atoms with Gasteiger partial charge in [0.2, 0.25) is 0 Å². The van der Waals surface area contributed by atoms with Crippen LogP contribution < -0.4 is 5.73 Å². The molecule has 0 radical (unpaired) electrons. The lowest BCUT2D eigenvalue weighted by Gasteiger charge is -2.13. The van der Waals surface area contributed by atoms with Crippen molar-refractivity contribution in [2.75, 3.05) is 6.61 Å². The number of benzene rings is 2. The van der Waals surface area contributed by atoms with E-state index in [9.17, 15) is 9.59 Å². The molecule has 0 saturated heterocycles. The van der Waals surface area contributed by atoms with Crippen LogP contribution in [0, 0.1) is 0 Å².